The first-order valence-corrected chi connectivity index (χ1v) is 5.28. The second kappa shape index (κ2) is 4.29. The number of primary amides is 1. The average Bonchev–Trinajstić information content (AvgIpc) is 2.30. The van der Waals surface area contributed by atoms with Gasteiger partial charge in [0.15, 0.2) is 0 Å². The van der Waals surface area contributed by atoms with Crippen LogP contribution >= 0.6 is 0 Å². The van der Waals surface area contributed by atoms with Crippen molar-refractivity contribution in [2.45, 2.75) is 13.0 Å². The zero-order chi connectivity index (χ0) is 12.4. The fraction of sp³-hybridized carbons (Fsp3) is 0.167. The molecule has 1 heterocycles. The summed E-state index contributed by atoms with van der Waals surface area (Å²) in [5.74, 6) is -0.404. The van der Waals surface area contributed by atoms with Gasteiger partial charge in [-0.05, 0) is 19.1 Å². The second-order valence-electron chi connectivity index (χ2n) is 3.87. The van der Waals surface area contributed by atoms with Crippen molar-refractivity contribution in [3.8, 4) is 0 Å². The van der Waals surface area contributed by atoms with Gasteiger partial charge in [0, 0.05) is 17.3 Å². The first-order chi connectivity index (χ1) is 8.09. The second-order valence-corrected chi connectivity index (χ2v) is 3.87. The Bertz CT molecular complexity index is 567. The van der Waals surface area contributed by atoms with Crippen LogP contribution in [0.5, 0.6) is 0 Å². The molecule has 1 unspecified atom stereocenters. The predicted molar refractivity (Wildman–Crippen MR) is 68.4 cm³/mol. The Hall–Kier alpha value is -2.30. The van der Waals surface area contributed by atoms with Gasteiger partial charge < -0.3 is 16.8 Å². The summed E-state index contributed by atoms with van der Waals surface area (Å²) in [6.07, 6.45) is 1.65. The number of hydrogen-bond donors (Lipinski definition) is 3. The zero-order valence-corrected chi connectivity index (χ0v) is 9.47. The molecule has 88 valence electrons. The SMILES string of the molecule is CC(Nc1ccnc2c(N)cccc12)C(N)=O. The maximum atomic E-state index is 11.0. The molecule has 0 aliphatic rings. The Labute approximate surface area is 98.8 Å². The van der Waals surface area contributed by atoms with Crippen molar-refractivity contribution in [2.75, 3.05) is 11.1 Å². The highest BCUT2D eigenvalue weighted by molar-refractivity contribution is 5.98. The van der Waals surface area contributed by atoms with Crippen LogP contribution in [0.2, 0.25) is 0 Å². The number of amides is 1. The number of nitrogens with zero attached hydrogens (tertiary/aromatic N) is 1. The van der Waals surface area contributed by atoms with E-state index in [1.807, 2.05) is 12.1 Å². The van der Waals surface area contributed by atoms with Crippen molar-refractivity contribution in [3.63, 3.8) is 0 Å². The number of hydrogen-bond acceptors (Lipinski definition) is 4. The normalized spacial score (nSPS) is 12.3. The van der Waals surface area contributed by atoms with Crippen molar-refractivity contribution in [1.82, 2.24) is 4.98 Å². The summed E-state index contributed by atoms with van der Waals surface area (Å²) in [5.41, 5.74) is 13.2. The van der Waals surface area contributed by atoms with Gasteiger partial charge >= 0.3 is 0 Å². The molecule has 1 atom stereocenters. The van der Waals surface area contributed by atoms with E-state index in [9.17, 15) is 4.79 Å². The van der Waals surface area contributed by atoms with Gasteiger partial charge in [-0.1, -0.05) is 12.1 Å². The molecule has 0 saturated heterocycles. The third-order valence-corrected chi connectivity index (χ3v) is 2.60. The quantitative estimate of drug-likeness (QED) is 0.688. The van der Waals surface area contributed by atoms with Crippen molar-refractivity contribution >= 4 is 28.2 Å². The maximum Gasteiger partial charge on any atom is 0.239 e. The van der Waals surface area contributed by atoms with Crippen molar-refractivity contribution in [2.24, 2.45) is 5.73 Å². The van der Waals surface area contributed by atoms with E-state index in [4.69, 9.17) is 11.5 Å². The molecule has 17 heavy (non-hydrogen) atoms. The standard InChI is InChI=1S/C12H14N4O/c1-7(12(14)17)16-10-5-6-15-11-8(10)3-2-4-9(11)13/h2-7H,13H2,1H3,(H2,14,17)(H,15,16). The highest BCUT2D eigenvalue weighted by Crippen LogP contribution is 2.25. The summed E-state index contributed by atoms with van der Waals surface area (Å²) in [4.78, 5) is 15.2. The van der Waals surface area contributed by atoms with Crippen LogP contribution in [0.25, 0.3) is 10.9 Å². The molecular formula is C12H14N4O. The molecule has 1 amide bonds. The number of benzene rings is 1. The van der Waals surface area contributed by atoms with Gasteiger partial charge in [0.05, 0.1) is 11.2 Å². The monoisotopic (exact) mass is 230 g/mol. The summed E-state index contributed by atoms with van der Waals surface area (Å²) in [5, 5.41) is 3.92. The molecule has 1 aromatic heterocycles. The van der Waals surface area contributed by atoms with Crippen LogP contribution in [0.15, 0.2) is 30.5 Å². The number of aromatic nitrogens is 1. The Morgan fingerprint density at radius 1 is 1.41 bits per heavy atom. The van der Waals surface area contributed by atoms with E-state index in [1.54, 1.807) is 25.3 Å². The number of anilines is 2. The summed E-state index contributed by atoms with van der Waals surface area (Å²) < 4.78 is 0. The van der Waals surface area contributed by atoms with Crippen LogP contribution in [-0.2, 0) is 4.79 Å². The van der Waals surface area contributed by atoms with Gasteiger partial charge in [0.2, 0.25) is 5.91 Å². The van der Waals surface area contributed by atoms with Gasteiger partial charge in [-0.3, -0.25) is 9.78 Å². The van der Waals surface area contributed by atoms with E-state index >= 15 is 0 Å². The highest BCUT2D eigenvalue weighted by Gasteiger charge is 2.10. The van der Waals surface area contributed by atoms with Crippen LogP contribution in [0.4, 0.5) is 11.4 Å². The van der Waals surface area contributed by atoms with E-state index in [0.29, 0.717) is 11.2 Å². The lowest BCUT2D eigenvalue weighted by atomic mass is 10.1. The highest BCUT2D eigenvalue weighted by atomic mass is 16.1. The van der Waals surface area contributed by atoms with E-state index in [1.165, 1.54) is 0 Å². The lowest BCUT2D eigenvalue weighted by Gasteiger charge is -2.14. The van der Waals surface area contributed by atoms with E-state index in [2.05, 4.69) is 10.3 Å². The van der Waals surface area contributed by atoms with Gasteiger partial charge in [-0.15, -0.1) is 0 Å². The van der Waals surface area contributed by atoms with Gasteiger partial charge in [0.1, 0.15) is 6.04 Å². The maximum absolute atomic E-state index is 11.0. The number of nitrogen functional groups attached to an aromatic ring is 1. The molecular weight excluding hydrogens is 216 g/mol. The topological polar surface area (TPSA) is 94.0 Å². The number of nitrogens with two attached hydrogens (primary N) is 2. The van der Waals surface area contributed by atoms with Crippen LogP contribution in [0, 0.1) is 0 Å². The Kier molecular flexibility index (Phi) is 2.82. The Morgan fingerprint density at radius 2 is 2.18 bits per heavy atom. The van der Waals surface area contributed by atoms with Crippen molar-refractivity contribution in [3.05, 3.63) is 30.5 Å². The molecule has 2 aromatic rings. The number of nitrogens with one attached hydrogen (secondary N) is 1. The fourth-order valence-corrected chi connectivity index (χ4v) is 1.63. The third-order valence-electron chi connectivity index (χ3n) is 2.60. The molecule has 0 bridgehead atoms. The van der Waals surface area contributed by atoms with Crippen LogP contribution in [0.1, 0.15) is 6.92 Å². The molecule has 2 rings (SSSR count). The summed E-state index contributed by atoms with van der Waals surface area (Å²) in [7, 11) is 0. The predicted octanol–water partition coefficient (Wildman–Crippen LogP) is 1.10. The number of para-hydroxylation sites is 1. The third kappa shape index (κ3) is 2.13. The summed E-state index contributed by atoms with van der Waals surface area (Å²) in [6.45, 7) is 1.71. The number of pyridine rings is 1. The minimum Gasteiger partial charge on any atom is -0.397 e. The largest absolute Gasteiger partial charge is 0.397 e. The van der Waals surface area contributed by atoms with E-state index in [0.717, 1.165) is 11.1 Å². The smallest absolute Gasteiger partial charge is 0.239 e. The number of carbonyl (C=O) groups is 1. The molecule has 0 aliphatic carbocycles. The van der Waals surface area contributed by atoms with E-state index < -0.39 is 11.9 Å². The van der Waals surface area contributed by atoms with Crippen LogP contribution in [0.3, 0.4) is 0 Å². The number of fused-ring (bicyclic) bond motifs is 1. The van der Waals surface area contributed by atoms with Crippen LogP contribution in [-0.4, -0.2) is 16.9 Å². The molecule has 5 N–H and O–H groups in total. The fourth-order valence-electron chi connectivity index (χ4n) is 1.63. The van der Waals surface area contributed by atoms with Gasteiger partial charge in [0.25, 0.3) is 0 Å². The minimum atomic E-state index is -0.443. The molecule has 0 fully saturated rings. The summed E-state index contributed by atoms with van der Waals surface area (Å²) >= 11 is 0. The van der Waals surface area contributed by atoms with Crippen molar-refractivity contribution < 1.29 is 4.79 Å². The van der Waals surface area contributed by atoms with Gasteiger partial charge in [-0.2, -0.15) is 0 Å². The van der Waals surface area contributed by atoms with Gasteiger partial charge in [-0.25, -0.2) is 0 Å². The molecule has 5 nitrogen and oxygen atoms in total. The minimum absolute atomic E-state index is 0.404. The average molecular weight is 230 g/mol. The molecule has 0 radical (unpaired) electrons. The number of rotatable bonds is 3. The Morgan fingerprint density at radius 3 is 2.88 bits per heavy atom. The molecule has 0 spiro atoms. The first-order valence-electron chi connectivity index (χ1n) is 5.28. The van der Waals surface area contributed by atoms with Crippen molar-refractivity contribution in [1.29, 1.82) is 0 Å². The van der Waals surface area contributed by atoms with E-state index in [-0.39, 0.29) is 0 Å². The molecule has 1 aromatic carbocycles. The number of carbonyl (C=O) groups excluding carboxylic acids is 1. The molecule has 0 saturated carbocycles. The Balaban J connectivity index is 2.48. The summed E-state index contributed by atoms with van der Waals surface area (Å²) in [6, 6.07) is 6.88. The molecule has 5 heteroatoms. The molecule has 0 aliphatic heterocycles. The first kappa shape index (κ1) is 11.2. The van der Waals surface area contributed by atoms with Crippen LogP contribution < -0.4 is 16.8 Å². The lowest BCUT2D eigenvalue weighted by molar-refractivity contribution is -0.118. The lowest BCUT2D eigenvalue weighted by Crippen LogP contribution is -2.32. The zero-order valence-electron chi connectivity index (χ0n) is 9.47.